The number of anilines is 1. The molecule has 112 valence electrons. The van der Waals surface area contributed by atoms with E-state index >= 15 is 0 Å². The number of nitrogens with zero attached hydrogens (tertiary/aromatic N) is 1. The fraction of sp³-hybridized carbons (Fsp3) is 0.0625. The number of ether oxygens (including phenoxy) is 1. The summed E-state index contributed by atoms with van der Waals surface area (Å²) in [5.41, 5.74) is 1.22. The van der Waals surface area contributed by atoms with Crippen molar-refractivity contribution in [2.45, 2.75) is 0 Å². The number of nitrogens with one attached hydrogen (secondary N) is 1. The maximum absolute atomic E-state index is 11.9. The number of rotatable bonds is 6. The first-order valence-electron chi connectivity index (χ1n) is 6.46. The van der Waals surface area contributed by atoms with Crippen LogP contribution in [0.3, 0.4) is 0 Å². The average Bonchev–Trinajstić information content (AvgIpc) is 2.55. The van der Waals surface area contributed by atoms with E-state index in [2.05, 4.69) is 5.32 Å². The molecule has 0 aliphatic carbocycles. The summed E-state index contributed by atoms with van der Waals surface area (Å²) < 4.78 is 5.02. The molecule has 0 aliphatic heterocycles. The van der Waals surface area contributed by atoms with E-state index in [4.69, 9.17) is 4.74 Å². The predicted octanol–water partition coefficient (Wildman–Crippen LogP) is 3.41. The number of nitro groups is 1. The number of hydrogen-bond acceptors (Lipinski definition) is 5. The van der Waals surface area contributed by atoms with Crippen molar-refractivity contribution in [2.75, 3.05) is 12.4 Å². The smallest absolute Gasteiger partial charge is 0.269 e. The summed E-state index contributed by atoms with van der Waals surface area (Å²) in [4.78, 5) is 22.0. The highest BCUT2D eigenvalue weighted by Crippen LogP contribution is 2.15. The van der Waals surface area contributed by atoms with Gasteiger partial charge in [-0.15, -0.1) is 0 Å². The normalized spacial score (nSPS) is 10.4. The second-order valence-corrected chi connectivity index (χ2v) is 4.37. The van der Waals surface area contributed by atoms with Crippen LogP contribution in [0.5, 0.6) is 5.75 Å². The van der Waals surface area contributed by atoms with Gasteiger partial charge in [0.05, 0.1) is 12.0 Å². The van der Waals surface area contributed by atoms with Crippen LogP contribution in [0, 0.1) is 10.1 Å². The number of nitro benzene ring substituents is 1. The van der Waals surface area contributed by atoms with Gasteiger partial charge in [0.25, 0.3) is 5.69 Å². The first-order valence-corrected chi connectivity index (χ1v) is 6.46. The van der Waals surface area contributed by atoms with Crippen molar-refractivity contribution in [3.05, 3.63) is 76.5 Å². The highest BCUT2D eigenvalue weighted by Gasteiger charge is 2.03. The highest BCUT2D eigenvalue weighted by molar-refractivity contribution is 6.04. The third kappa shape index (κ3) is 3.92. The largest absolute Gasteiger partial charge is 0.497 e. The molecular formula is C16H14N2O4. The Bertz CT molecular complexity index is 691. The Labute approximate surface area is 127 Å². The molecule has 2 aromatic carbocycles. The van der Waals surface area contributed by atoms with E-state index in [1.165, 1.54) is 24.4 Å². The number of non-ortho nitro benzene ring substituents is 1. The van der Waals surface area contributed by atoms with Gasteiger partial charge in [0.15, 0.2) is 5.78 Å². The summed E-state index contributed by atoms with van der Waals surface area (Å²) in [6, 6.07) is 12.7. The van der Waals surface area contributed by atoms with Gasteiger partial charge in [-0.05, 0) is 36.4 Å². The minimum atomic E-state index is -0.465. The standard InChI is InChI=1S/C16H14N2O4/c1-22-15-8-2-12(3-9-15)16(19)10-11-17-13-4-6-14(7-5-13)18(20)21/h2-11,17H,1H3/b11-10+. The average molecular weight is 298 g/mol. The molecule has 0 unspecified atom stereocenters. The van der Waals surface area contributed by atoms with Crippen LogP contribution in [-0.2, 0) is 0 Å². The van der Waals surface area contributed by atoms with Gasteiger partial charge in [-0.2, -0.15) is 0 Å². The zero-order valence-corrected chi connectivity index (χ0v) is 11.9. The molecule has 0 fully saturated rings. The minimum Gasteiger partial charge on any atom is -0.497 e. The first-order chi connectivity index (χ1) is 10.6. The summed E-state index contributed by atoms with van der Waals surface area (Å²) in [7, 11) is 1.56. The van der Waals surface area contributed by atoms with Crippen LogP contribution in [0.25, 0.3) is 0 Å². The molecule has 0 aliphatic rings. The zero-order valence-electron chi connectivity index (χ0n) is 11.9. The van der Waals surface area contributed by atoms with Crippen LogP contribution in [0.1, 0.15) is 10.4 Å². The molecule has 0 bridgehead atoms. The number of benzene rings is 2. The molecule has 0 saturated carbocycles. The molecular weight excluding hydrogens is 284 g/mol. The summed E-state index contributed by atoms with van der Waals surface area (Å²) in [5, 5.41) is 13.4. The molecule has 0 amide bonds. The third-order valence-corrected chi connectivity index (χ3v) is 2.94. The molecule has 0 radical (unpaired) electrons. The van der Waals surface area contributed by atoms with Crippen molar-refractivity contribution in [1.82, 2.24) is 0 Å². The molecule has 6 heteroatoms. The van der Waals surface area contributed by atoms with Gasteiger partial charge >= 0.3 is 0 Å². The molecule has 0 aromatic heterocycles. The Morgan fingerprint density at radius 1 is 1.14 bits per heavy atom. The fourth-order valence-electron chi connectivity index (χ4n) is 1.74. The molecule has 2 aromatic rings. The second-order valence-electron chi connectivity index (χ2n) is 4.37. The molecule has 2 rings (SSSR count). The van der Waals surface area contributed by atoms with Gasteiger partial charge < -0.3 is 10.1 Å². The molecule has 1 N–H and O–H groups in total. The molecule has 6 nitrogen and oxygen atoms in total. The lowest BCUT2D eigenvalue weighted by Gasteiger charge is -2.01. The summed E-state index contributed by atoms with van der Waals surface area (Å²) in [6.07, 6.45) is 2.89. The number of allylic oxidation sites excluding steroid dienone is 1. The van der Waals surface area contributed by atoms with Crippen molar-refractivity contribution in [3.63, 3.8) is 0 Å². The maximum atomic E-state index is 11.9. The zero-order chi connectivity index (χ0) is 15.9. The number of carbonyl (C=O) groups is 1. The van der Waals surface area contributed by atoms with Gasteiger partial charge in [-0.3, -0.25) is 14.9 Å². The van der Waals surface area contributed by atoms with Gasteiger partial charge in [0, 0.05) is 35.7 Å². The Kier molecular flexibility index (Phi) is 4.87. The number of ketones is 1. The summed E-state index contributed by atoms with van der Waals surface area (Å²) in [5.74, 6) is 0.529. The Morgan fingerprint density at radius 2 is 1.77 bits per heavy atom. The van der Waals surface area contributed by atoms with E-state index < -0.39 is 4.92 Å². The number of hydrogen-bond donors (Lipinski definition) is 1. The van der Waals surface area contributed by atoms with Gasteiger partial charge in [0.1, 0.15) is 5.75 Å². The predicted molar refractivity (Wildman–Crippen MR) is 83.2 cm³/mol. The van der Waals surface area contributed by atoms with Crippen LogP contribution in [0.4, 0.5) is 11.4 Å². The molecule has 0 saturated heterocycles. The third-order valence-electron chi connectivity index (χ3n) is 2.94. The second kappa shape index (κ2) is 7.03. The van der Waals surface area contributed by atoms with Crippen molar-refractivity contribution in [2.24, 2.45) is 0 Å². The van der Waals surface area contributed by atoms with E-state index in [9.17, 15) is 14.9 Å². The summed E-state index contributed by atoms with van der Waals surface area (Å²) in [6.45, 7) is 0. The lowest BCUT2D eigenvalue weighted by atomic mass is 10.1. The van der Waals surface area contributed by atoms with E-state index in [1.807, 2.05) is 0 Å². The van der Waals surface area contributed by atoms with Gasteiger partial charge in [0.2, 0.25) is 0 Å². The Balaban J connectivity index is 1.96. The quantitative estimate of drug-likeness (QED) is 0.382. The first kappa shape index (κ1) is 15.2. The molecule has 0 atom stereocenters. The van der Waals surface area contributed by atoms with Crippen LogP contribution < -0.4 is 10.1 Å². The lowest BCUT2D eigenvalue weighted by molar-refractivity contribution is -0.384. The van der Waals surface area contributed by atoms with Crippen molar-refractivity contribution >= 4 is 17.2 Å². The van der Waals surface area contributed by atoms with E-state index in [-0.39, 0.29) is 11.5 Å². The fourth-order valence-corrected chi connectivity index (χ4v) is 1.74. The summed E-state index contributed by atoms with van der Waals surface area (Å²) >= 11 is 0. The van der Waals surface area contributed by atoms with Crippen LogP contribution >= 0.6 is 0 Å². The minimum absolute atomic E-state index is 0.0174. The maximum Gasteiger partial charge on any atom is 0.269 e. The number of carbonyl (C=O) groups excluding carboxylic acids is 1. The van der Waals surface area contributed by atoms with Gasteiger partial charge in [-0.1, -0.05) is 0 Å². The van der Waals surface area contributed by atoms with Crippen molar-refractivity contribution in [1.29, 1.82) is 0 Å². The number of methoxy groups -OCH3 is 1. The van der Waals surface area contributed by atoms with E-state index in [0.29, 0.717) is 17.0 Å². The van der Waals surface area contributed by atoms with Crippen LogP contribution in [-0.4, -0.2) is 17.8 Å². The van der Waals surface area contributed by atoms with Crippen LogP contribution in [0.2, 0.25) is 0 Å². The molecule has 0 heterocycles. The lowest BCUT2D eigenvalue weighted by Crippen LogP contribution is -1.96. The van der Waals surface area contributed by atoms with E-state index in [0.717, 1.165) is 0 Å². The van der Waals surface area contributed by atoms with Gasteiger partial charge in [-0.25, -0.2) is 0 Å². The Morgan fingerprint density at radius 3 is 2.32 bits per heavy atom. The SMILES string of the molecule is COc1ccc(C(=O)/C=C/Nc2ccc([N+](=O)[O-])cc2)cc1. The van der Waals surface area contributed by atoms with Crippen molar-refractivity contribution in [3.8, 4) is 5.75 Å². The van der Waals surface area contributed by atoms with E-state index in [1.54, 1.807) is 43.5 Å². The molecule has 22 heavy (non-hydrogen) atoms. The van der Waals surface area contributed by atoms with Crippen LogP contribution in [0.15, 0.2) is 60.8 Å². The Hall–Kier alpha value is -3.15. The van der Waals surface area contributed by atoms with Crippen molar-refractivity contribution < 1.29 is 14.5 Å². The highest BCUT2D eigenvalue weighted by atomic mass is 16.6. The monoisotopic (exact) mass is 298 g/mol. The topological polar surface area (TPSA) is 81.5 Å². The molecule has 0 spiro atoms.